The SMILES string of the molecule is Nc1nc(C(=O)O)c(C2CCCC2)o1. The fraction of sp³-hybridized carbons (Fsp3) is 0.556. The van der Waals surface area contributed by atoms with Gasteiger partial charge in [-0.2, -0.15) is 4.98 Å². The Balaban J connectivity index is 2.35. The summed E-state index contributed by atoms with van der Waals surface area (Å²) in [4.78, 5) is 14.5. The van der Waals surface area contributed by atoms with Crippen LogP contribution in [-0.2, 0) is 0 Å². The molecule has 1 saturated carbocycles. The molecule has 2 rings (SSSR count). The zero-order valence-electron chi connectivity index (χ0n) is 7.69. The number of carboxylic acid groups (broad SMARTS) is 1. The molecule has 0 aromatic carbocycles. The summed E-state index contributed by atoms with van der Waals surface area (Å²) in [5.41, 5.74) is 5.32. The lowest BCUT2D eigenvalue weighted by molar-refractivity contribution is 0.0688. The molecule has 0 unspecified atom stereocenters. The van der Waals surface area contributed by atoms with Gasteiger partial charge in [-0.05, 0) is 12.8 Å². The molecule has 76 valence electrons. The molecule has 0 atom stereocenters. The number of nitrogens with zero attached hydrogens (tertiary/aromatic N) is 1. The van der Waals surface area contributed by atoms with Gasteiger partial charge in [-0.25, -0.2) is 4.79 Å². The summed E-state index contributed by atoms with van der Waals surface area (Å²) in [6.45, 7) is 0. The highest BCUT2D eigenvalue weighted by Crippen LogP contribution is 2.36. The number of carbonyl (C=O) groups is 1. The highest BCUT2D eigenvalue weighted by atomic mass is 16.4. The number of anilines is 1. The number of aromatic carboxylic acids is 1. The van der Waals surface area contributed by atoms with Crippen molar-refractivity contribution in [3.05, 3.63) is 11.5 Å². The van der Waals surface area contributed by atoms with Crippen LogP contribution in [0.15, 0.2) is 4.42 Å². The molecule has 0 saturated heterocycles. The second kappa shape index (κ2) is 3.32. The third-order valence-electron chi connectivity index (χ3n) is 2.60. The Morgan fingerprint density at radius 3 is 2.71 bits per heavy atom. The number of carboxylic acids is 1. The van der Waals surface area contributed by atoms with Crippen LogP contribution < -0.4 is 5.73 Å². The summed E-state index contributed by atoms with van der Waals surface area (Å²) >= 11 is 0. The standard InChI is InChI=1S/C9H12N2O3/c10-9-11-6(8(12)13)7(14-9)5-3-1-2-4-5/h5H,1-4H2,(H2,10,11)(H,12,13). The van der Waals surface area contributed by atoms with Crippen molar-refractivity contribution in [2.75, 3.05) is 5.73 Å². The number of aromatic nitrogens is 1. The van der Waals surface area contributed by atoms with Crippen LogP contribution >= 0.6 is 0 Å². The molecule has 1 heterocycles. The molecule has 0 aliphatic heterocycles. The molecule has 1 aromatic rings. The summed E-state index contributed by atoms with van der Waals surface area (Å²) in [5.74, 6) is -0.425. The Morgan fingerprint density at radius 1 is 1.50 bits per heavy atom. The van der Waals surface area contributed by atoms with E-state index in [-0.39, 0.29) is 17.6 Å². The topological polar surface area (TPSA) is 89.3 Å². The van der Waals surface area contributed by atoms with Crippen LogP contribution in [0.5, 0.6) is 0 Å². The summed E-state index contributed by atoms with van der Waals surface area (Å²) in [6.07, 6.45) is 4.17. The minimum absolute atomic E-state index is 0.0191. The molecule has 1 aromatic heterocycles. The van der Waals surface area contributed by atoms with Crippen molar-refractivity contribution in [3.63, 3.8) is 0 Å². The van der Waals surface area contributed by atoms with Crippen LogP contribution in [-0.4, -0.2) is 16.1 Å². The molecule has 0 spiro atoms. The number of rotatable bonds is 2. The van der Waals surface area contributed by atoms with Crippen LogP contribution in [0, 0.1) is 0 Å². The normalized spacial score (nSPS) is 17.4. The van der Waals surface area contributed by atoms with E-state index in [0.717, 1.165) is 25.7 Å². The quantitative estimate of drug-likeness (QED) is 0.750. The van der Waals surface area contributed by atoms with Crippen LogP contribution in [0.2, 0.25) is 0 Å². The van der Waals surface area contributed by atoms with E-state index < -0.39 is 5.97 Å². The number of hydrogen-bond donors (Lipinski definition) is 2. The zero-order valence-corrected chi connectivity index (χ0v) is 7.69. The van der Waals surface area contributed by atoms with E-state index in [1.54, 1.807) is 0 Å². The van der Waals surface area contributed by atoms with E-state index in [4.69, 9.17) is 15.3 Å². The maximum atomic E-state index is 10.8. The smallest absolute Gasteiger partial charge is 0.358 e. The van der Waals surface area contributed by atoms with Crippen molar-refractivity contribution in [2.45, 2.75) is 31.6 Å². The molecular formula is C9H12N2O3. The summed E-state index contributed by atoms with van der Waals surface area (Å²) in [6, 6.07) is -0.0516. The molecule has 5 heteroatoms. The molecule has 3 N–H and O–H groups in total. The average molecular weight is 196 g/mol. The first-order valence-corrected chi connectivity index (χ1v) is 4.68. The molecule has 1 fully saturated rings. The summed E-state index contributed by atoms with van der Waals surface area (Å²) < 4.78 is 5.15. The Kier molecular flexibility index (Phi) is 2.15. The van der Waals surface area contributed by atoms with Crippen LogP contribution in [0.1, 0.15) is 47.8 Å². The minimum Gasteiger partial charge on any atom is -0.476 e. The van der Waals surface area contributed by atoms with Crippen molar-refractivity contribution >= 4 is 12.0 Å². The number of nitrogens with two attached hydrogens (primary N) is 1. The van der Waals surface area contributed by atoms with E-state index in [2.05, 4.69) is 4.98 Å². The Morgan fingerprint density at radius 2 is 2.14 bits per heavy atom. The van der Waals surface area contributed by atoms with Crippen molar-refractivity contribution in [2.24, 2.45) is 0 Å². The third kappa shape index (κ3) is 1.45. The van der Waals surface area contributed by atoms with Crippen molar-refractivity contribution in [1.29, 1.82) is 0 Å². The second-order valence-corrected chi connectivity index (χ2v) is 3.55. The van der Waals surface area contributed by atoms with Gasteiger partial charge in [0, 0.05) is 5.92 Å². The highest BCUT2D eigenvalue weighted by Gasteiger charge is 2.28. The van der Waals surface area contributed by atoms with Crippen LogP contribution in [0.3, 0.4) is 0 Å². The first-order chi connectivity index (χ1) is 6.68. The average Bonchev–Trinajstić information content (AvgIpc) is 2.70. The third-order valence-corrected chi connectivity index (χ3v) is 2.60. The molecule has 5 nitrogen and oxygen atoms in total. The van der Waals surface area contributed by atoms with Crippen LogP contribution in [0.25, 0.3) is 0 Å². The summed E-state index contributed by atoms with van der Waals surface area (Å²) in [7, 11) is 0. The van der Waals surface area contributed by atoms with E-state index in [1.165, 1.54) is 0 Å². The Bertz CT molecular complexity index is 353. The predicted octanol–water partition coefficient (Wildman–Crippen LogP) is 1.61. The van der Waals surface area contributed by atoms with Gasteiger partial charge in [-0.1, -0.05) is 12.8 Å². The first-order valence-electron chi connectivity index (χ1n) is 4.68. The van der Waals surface area contributed by atoms with Gasteiger partial charge < -0.3 is 15.3 Å². The molecule has 1 aliphatic carbocycles. The molecule has 0 radical (unpaired) electrons. The van der Waals surface area contributed by atoms with Crippen molar-refractivity contribution in [3.8, 4) is 0 Å². The largest absolute Gasteiger partial charge is 0.476 e. The van der Waals surface area contributed by atoms with Gasteiger partial charge in [-0.3, -0.25) is 0 Å². The lowest BCUT2D eigenvalue weighted by atomic mass is 10.0. The molecular weight excluding hydrogens is 184 g/mol. The lowest BCUT2D eigenvalue weighted by Crippen LogP contribution is -2.03. The van der Waals surface area contributed by atoms with Crippen LogP contribution in [0.4, 0.5) is 6.01 Å². The fourth-order valence-corrected chi connectivity index (χ4v) is 1.97. The van der Waals surface area contributed by atoms with Gasteiger partial charge in [0.2, 0.25) is 0 Å². The highest BCUT2D eigenvalue weighted by molar-refractivity contribution is 5.87. The van der Waals surface area contributed by atoms with Gasteiger partial charge in [0.05, 0.1) is 0 Å². The van der Waals surface area contributed by atoms with E-state index >= 15 is 0 Å². The van der Waals surface area contributed by atoms with Crippen molar-refractivity contribution in [1.82, 2.24) is 4.98 Å². The fourth-order valence-electron chi connectivity index (χ4n) is 1.97. The van der Waals surface area contributed by atoms with Gasteiger partial charge in [0.15, 0.2) is 5.69 Å². The number of nitrogen functional groups attached to an aromatic ring is 1. The predicted molar refractivity (Wildman–Crippen MR) is 49.1 cm³/mol. The van der Waals surface area contributed by atoms with Gasteiger partial charge in [-0.15, -0.1) is 0 Å². The Labute approximate surface area is 80.9 Å². The van der Waals surface area contributed by atoms with Gasteiger partial charge in [0.1, 0.15) is 5.76 Å². The summed E-state index contributed by atoms with van der Waals surface area (Å²) in [5, 5.41) is 8.86. The molecule has 14 heavy (non-hydrogen) atoms. The van der Waals surface area contributed by atoms with Crippen molar-refractivity contribution < 1.29 is 14.3 Å². The lowest BCUT2D eigenvalue weighted by Gasteiger charge is -2.04. The van der Waals surface area contributed by atoms with E-state index in [1.807, 2.05) is 0 Å². The Hall–Kier alpha value is -1.52. The molecule has 0 amide bonds. The maximum Gasteiger partial charge on any atom is 0.358 e. The molecule has 1 aliphatic rings. The number of oxazole rings is 1. The maximum absolute atomic E-state index is 10.8. The zero-order chi connectivity index (χ0) is 10.1. The van der Waals surface area contributed by atoms with Gasteiger partial charge >= 0.3 is 5.97 Å². The number of hydrogen-bond acceptors (Lipinski definition) is 4. The van der Waals surface area contributed by atoms with Gasteiger partial charge in [0.25, 0.3) is 6.01 Å². The van der Waals surface area contributed by atoms with E-state index in [0.29, 0.717) is 5.76 Å². The first kappa shape index (κ1) is 9.05. The monoisotopic (exact) mass is 196 g/mol. The van der Waals surface area contributed by atoms with E-state index in [9.17, 15) is 4.79 Å². The molecule has 0 bridgehead atoms. The second-order valence-electron chi connectivity index (χ2n) is 3.55. The minimum atomic E-state index is -1.06.